The number of benzene rings is 2. The average molecular weight is 490 g/mol. The second-order valence-electron chi connectivity index (χ2n) is 9.41. The van der Waals surface area contributed by atoms with Crippen molar-refractivity contribution in [2.45, 2.75) is 51.2 Å². The molecule has 0 bridgehead atoms. The zero-order chi connectivity index (χ0) is 24.8. The zero-order valence-corrected chi connectivity index (χ0v) is 21.9. The number of hydrogen-bond acceptors (Lipinski definition) is 6. The van der Waals surface area contributed by atoms with Crippen molar-refractivity contribution in [3.05, 3.63) is 82.5 Å². The Morgan fingerprint density at radius 2 is 1.69 bits per heavy atom. The minimum Gasteiger partial charge on any atom is -0.354 e. The molecule has 184 valence electrons. The van der Waals surface area contributed by atoms with Crippen LogP contribution in [0.3, 0.4) is 0 Å². The monoisotopic (exact) mass is 489 g/mol. The van der Waals surface area contributed by atoms with Gasteiger partial charge < -0.3 is 10.2 Å². The first kappa shape index (κ1) is 25.2. The smallest absolute Gasteiger partial charge is 0.251 e. The van der Waals surface area contributed by atoms with E-state index in [1.807, 2.05) is 38.1 Å². The highest BCUT2D eigenvalue weighted by atomic mass is 32.2. The second kappa shape index (κ2) is 11.7. The van der Waals surface area contributed by atoms with Crippen LogP contribution in [0.2, 0.25) is 0 Å². The SMILES string of the molecule is Cc1nc(SCc2cccc(C(=O)NC(C)C)c2)nc(N2CCN(Cc3ccccc3)CC2)c1C. The molecular formula is C28H35N5OS. The average Bonchev–Trinajstić information content (AvgIpc) is 2.85. The van der Waals surface area contributed by atoms with Gasteiger partial charge in [0.1, 0.15) is 5.82 Å². The highest BCUT2D eigenvalue weighted by Crippen LogP contribution is 2.27. The first-order valence-electron chi connectivity index (χ1n) is 12.3. The first-order valence-corrected chi connectivity index (χ1v) is 13.3. The van der Waals surface area contributed by atoms with Crippen molar-refractivity contribution >= 4 is 23.5 Å². The number of nitrogens with one attached hydrogen (secondary N) is 1. The Kier molecular flexibility index (Phi) is 8.42. The van der Waals surface area contributed by atoms with E-state index < -0.39 is 0 Å². The number of rotatable bonds is 8. The highest BCUT2D eigenvalue weighted by Gasteiger charge is 2.21. The third-order valence-electron chi connectivity index (χ3n) is 6.24. The van der Waals surface area contributed by atoms with E-state index in [4.69, 9.17) is 9.97 Å². The van der Waals surface area contributed by atoms with Crippen molar-refractivity contribution in [2.75, 3.05) is 31.1 Å². The number of amides is 1. The maximum absolute atomic E-state index is 12.4. The van der Waals surface area contributed by atoms with Gasteiger partial charge in [0.15, 0.2) is 5.16 Å². The van der Waals surface area contributed by atoms with Crippen LogP contribution < -0.4 is 10.2 Å². The Labute approximate surface area is 213 Å². The number of thioether (sulfide) groups is 1. The Morgan fingerprint density at radius 1 is 0.971 bits per heavy atom. The number of anilines is 1. The molecule has 0 unspecified atom stereocenters. The summed E-state index contributed by atoms with van der Waals surface area (Å²) in [5.74, 6) is 1.72. The number of carbonyl (C=O) groups is 1. The normalized spacial score (nSPS) is 14.4. The predicted octanol–water partition coefficient (Wildman–Crippen LogP) is 4.85. The van der Waals surface area contributed by atoms with E-state index in [1.54, 1.807) is 11.8 Å². The molecule has 1 fully saturated rings. The topological polar surface area (TPSA) is 61.4 Å². The van der Waals surface area contributed by atoms with Gasteiger partial charge in [-0.05, 0) is 51.0 Å². The molecule has 1 aliphatic rings. The largest absolute Gasteiger partial charge is 0.354 e. The van der Waals surface area contributed by atoms with E-state index >= 15 is 0 Å². The standard InChI is InChI=1S/C28H35N5OS/c1-20(2)29-27(34)25-12-8-11-24(17-25)19-35-28-30-22(4)21(3)26(31-28)33-15-13-32(14-16-33)18-23-9-6-5-7-10-23/h5-12,17,20H,13-16,18-19H2,1-4H3,(H,29,34). The number of aryl methyl sites for hydroxylation is 1. The summed E-state index contributed by atoms with van der Waals surface area (Å²) in [6.45, 7) is 13.1. The number of carbonyl (C=O) groups excluding carboxylic acids is 1. The van der Waals surface area contributed by atoms with E-state index in [9.17, 15) is 4.79 Å². The van der Waals surface area contributed by atoms with Crippen molar-refractivity contribution in [1.29, 1.82) is 0 Å². The molecule has 1 amide bonds. The summed E-state index contributed by atoms with van der Waals surface area (Å²) in [7, 11) is 0. The van der Waals surface area contributed by atoms with Crippen LogP contribution in [-0.4, -0.2) is 53.0 Å². The third-order valence-corrected chi connectivity index (χ3v) is 7.16. The molecule has 2 aromatic carbocycles. The lowest BCUT2D eigenvalue weighted by Crippen LogP contribution is -2.46. The molecule has 0 radical (unpaired) electrons. The van der Waals surface area contributed by atoms with Crippen LogP contribution in [0.4, 0.5) is 5.82 Å². The van der Waals surface area contributed by atoms with Crippen LogP contribution in [0.1, 0.15) is 46.6 Å². The molecule has 7 heteroatoms. The molecule has 0 aliphatic carbocycles. The highest BCUT2D eigenvalue weighted by molar-refractivity contribution is 7.98. The number of aromatic nitrogens is 2. The molecule has 3 aromatic rings. The van der Waals surface area contributed by atoms with Crippen molar-refractivity contribution in [3.63, 3.8) is 0 Å². The Balaban J connectivity index is 1.39. The lowest BCUT2D eigenvalue weighted by atomic mass is 10.1. The van der Waals surface area contributed by atoms with E-state index in [2.05, 4.69) is 59.3 Å². The Morgan fingerprint density at radius 3 is 2.40 bits per heavy atom. The molecule has 4 rings (SSSR count). The number of piperazine rings is 1. The van der Waals surface area contributed by atoms with Gasteiger partial charge in [-0.1, -0.05) is 54.2 Å². The molecule has 6 nitrogen and oxygen atoms in total. The Bertz CT molecular complexity index is 1140. The van der Waals surface area contributed by atoms with Crippen LogP contribution in [0, 0.1) is 13.8 Å². The predicted molar refractivity (Wildman–Crippen MR) is 144 cm³/mol. The van der Waals surface area contributed by atoms with E-state index in [0.29, 0.717) is 5.56 Å². The van der Waals surface area contributed by atoms with Gasteiger partial charge in [0.2, 0.25) is 0 Å². The van der Waals surface area contributed by atoms with Gasteiger partial charge in [-0.25, -0.2) is 9.97 Å². The van der Waals surface area contributed by atoms with E-state index in [1.165, 1.54) is 5.56 Å². The van der Waals surface area contributed by atoms with Crippen LogP contribution in [0.25, 0.3) is 0 Å². The lowest BCUT2D eigenvalue weighted by molar-refractivity contribution is 0.0943. The van der Waals surface area contributed by atoms with Crippen molar-refractivity contribution < 1.29 is 4.79 Å². The van der Waals surface area contributed by atoms with Crippen molar-refractivity contribution in [1.82, 2.24) is 20.2 Å². The van der Waals surface area contributed by atoms with Gasteiger partial charge in [0.25, 0.3) is 5.91 Å². The van der Waals surface area contributed by atoms with Gasteiger partial charge in [0, 0.05) is 61.3 Å². The molecule has 1 aliphatic heterocycles. The van der Waals surface area contributed by atoms with Crippen LogP contribution >= 0.6 is 11.8 Å². The molecule has 1 saturated heterocycles. The third kappa shape index (κ3) is 6.83. The summed E-state index contributed by atoms with van der Waals surface area (Å²) >= 11 is 1.62. The summed E-state index contributed by atoms with van der Waals surface area (Å²) in [6.07, 6.45) is 0. The lowest BCUT2D eigenvalue weighted by Gasteiger charge is -2.36. The van der Waals surface area contributed by atoms with Crippen molar-refractivity contribution in [3.8, 4) is 0 Å². The molecule has 0 saturated carbocycles. The molecule has 0 spiro atoms. The van der Waals surface area contributed by atoms with E-state index in [0.717, 1.165) is 66.3 Å². The van der Waals surface area contributed by atoms with Gasteiger partial charge in [-0.2, -0.15) is 0 Å². The summed E-state index contributed by atoms with van der Waals surface area (Å²) < 4.78 is 0. The molecule has 1 N–H and O–H groups in total. The summed E-state index contributed by atoms with van der Waals surface area (Å²) in [5.41, 5.74) is 5.31. The molecule has 1 aromatic heterocycles. The van der Waals surface area contributed by atoms with Crippen molar-refractivity contribution in [2.24, 2.45) is 0 Å². The quantitative estimate of drug-likeness (QED) is 0.361. The summed E-state index contributed by atoms with van der Waals surface area (Å²) in [4.78, 5) is 27.0. The molecular weight excluding hydrogens is 454 g/mol. The second-order valence-corrected chi connectivity index (χ2v) is 10.3. The van der Waals surface area contributed by atoms with Gasteiger partial charge in [0.05, 0.1) is 0 Å². The summed E-state index contributed by atoms with van der Waals surface area (Å²) in [6, 6.07) is 18.6. The van der Waals surface area contributed by atoms with Crippen LogP contribution in [0.15, 0.2) is 59.8 Å². The van der Waals surface area contributed by atoms with Gasteiger partial charge >= 0.3 is 0 Å². The molecule has 0 atom stereocenters. The Hall–Kier alpha value is -2.90. The minimum absolute atomic E-state index is 0.0389. The fraction of sp³-hybridized carbons (Fsp3) is 0.393. The number of nitrogens with zero attached hydrogens (tertiary/aromatic N) is 4. The van der Waals surface area contributed by atoms with Crippen LogP contribution in [0.5, 0.6) is 0 Å². The molecule has 35 heavy (non-hydrogen) atoms. The fourth-order valence-corrected chi connectivity index (χ4v) is 5.04. The minimum atomic E-state index is -0.0389. The molecule has 2 heterocycles. The maximum Gasteiger partial charge on any atom is 0.251 e. The number of hydrogen-bond donors (Lipinski definition) is 1. The fourth-order valence-electron chi connectivity index (χ4n) is 4.22. The van der Waals surface area contributed by atoms with Crippen LogP contribution in [-0.2, 0) is 12.3 Å². The summed E-state index contributed by atoms with van der Waals surface area (Å²) in [5, 5.41) is 3.74. The van der Waals surface area contributed by atoms with Gasteiger partial charge in [-0.3, -0.25) is 9.69 Å². The van der Waals surface area contributed by atoms with Gasteiger partial charge in [-0.15, -0.1) is 0 Å². The zero-order valence-electron chi connectivity index (χ0n) is 21.1. The van der Waals surface area contributed by atoms with E-state index in [-0.39, 0.29) is 11.9 Å². The maximum atomic E-state index is 12.4. The first-order chi connectivity index (χ1) is 16.9.